The van der Waals surface area contributed by atoms with E-state index in [0.717, 1.165) is 18.4 Å². The first-order valence-corrected chi connectivity index (χ1v) is 12.4. The number of nitrogens with zero attached hydrogens (tertiary/aromatic N) is 1. The molecule has 1 amide bonds. The number of carbonyl (C=O) groups excluding carboxylic acids is 1. The quantitative estimate of drug-likeness (QED) is 0.629. The van der Waals surface area contributed by atoms with E-state index in [0.29, 0.717) is 29.0 Å². The van der Waals surface area contributed by atoms with Crippen molar-refractivity contribution in [1.82, 2.24) is 9.62 Å². The molecule has 172 valence electrons. The molecule has 0 spiro atoms. The monoisotopic (exact) mass is 478 g/mol. The SMILES string of the molecule is COc1cccc(C2CN(S(=O)(=O)c3ccc(Cl)cc3)CC2C(=O)NCC2CC2)c1OC. The van der Waals surface area contributed by atoms with Crippen LogP contribution < -0.4 is 14.8 Å². The van der Waals surface area contributed by atoms with E-state index in [9.17, 15) is 13.2 Å². The van der Waals surface area contributed by atoms with Gasteiger partial charge in [0.2, 0.25) is 15.9 Å². The summed E-state index contributed by atoms with van der Waals surface area (Å²) in [5, 5.41) is 3.48. The van der Waals surface area contributed by atoms with Crippen LogP contribution in [0.4, 0.5) is 0 Å². The van der Waals surface area contributed by atoms with Gasteiger partial charge >= 0.3 is 0 Å². The lowest BCUT2D eigenvalue weighted by molar-refractivity contribution is -0.124. The normalized spacial score (nSPS) is 21.3. The van der Waals surface area contributed by atoms with E-state index in [2.05, 4.69) is 5.32 Å². The van der Waals surface area contributed by atoms with Gasteiger partial charge in [0.1, 0.15) is 0 Å². The summed E-state index contributed by atoms with van der Waals surface area (Å²) in [7, 11) is -0.703. The van der Waals surface area contributed by atoms with Crippen LogP contribution in [-0.2, 0) is 14.8 Å². The Morgan fingerprint density at radius 2 is 1.81 bits per heavy atom. The molecule has 1 aliphatic heterocycles. The molecule has 1 N–H and O–H groups in total. The maximum Gasteiger partial charge on any atom is 0.243 e. The number of nitrogens with one attached hydrogen (secondary N) is 1. The van der Waals surface area contributed by atoms with Crippen LogP contribution in [0, 0.1) is 11.8 Å². The lowest BCUT2D eigenvalue weighted by Gasteiger charge is -2.21. The van der Waals surface area contributed by atoms with Gasteiger partial charge in [-0.1, -0.05) is 23.7 Å². The summed E-state index contributed by atoms with van der Waals surface area (Å²) in [5.41, 5.74) is 0.757. The molecular weight excluding hydrogens is 452 g/mol. The second-order valence-electron chi connectivity index (χ2n) is 8.26. The number of hydrogen-bond acceptors (Lipinski definition) is 5. The number of hydrogen-bond donors (Lipinski definition) is 1. The molecule has 2 aromatic rings. The highest BCUT2D eigenvalue weighted by molar-refractivity contribution is 7.89. The van der Waals surface area contributed by atoms with Crippen molar-refractivity contribution in [3.05, 3.63) is 53.1 Å². The highest BCUT2D eigenvalue weighted by atomic mass is 35.5. The first kappa shape index (κ1) is 22.9. The van der Waals surface area contributed by atoms with Gasteiger partial charge in [0.25, 0.3) is 0 Å². The number of rotatable bonds is 8. The molecule has 1 heterocycles. The van der Waals surface area contributed by atoms with Crippen LogP contribution in [-0.4, -0.2) is 52.5 Å². The molecule has 32 heavy (non-hydrogen) atoms. The van der Waals surface area contributed by atoms with Crippen molar-refractivity contribution < 1.29 is 22.7 Å². The standard InChI is InChI=1S/C23H27ClN2O5S/c1-30-21-5-3-4-18(22(21)31-2)19-13-26(14-20(19)23(27)25-12-15-6-7-15)32(28,29)17-10-8-16(24)9-11-17/h3-5,8-11,15,19-20H,6-7,12-14H2,1-2H3,(H,25,27). The molecule has 9 heteroatoms. The summed E-state index contributed by atoms with van der Waals surface area (Å²) in [6.45, 7) is 0.879. The molecule has 0 radical (unpaired) electrons. The minimum Gasteiger partial charge on any atom is -0.493 e. The van der Waals surface area contributed by atoms with Crippen LogP contribution in [0.1, 0.15) is 24.3 Å². The van der Waals surface area contributed by atoms with Crippen molar-refractivity contribution >= 4 is 27.5 Å². The van der Waals surface area contributed by atoms with E-state index in [1.165, 1.54) is 16.4 Å². The summed E-state index contributed by atoms with van der Waals surface area (Å²) in [6.07, 6.45) is 2.24. The number of para-hydroxylation sites is 1. The van der Waals surface area contributed by atoms with Crippen LogP contribution in [0.25, 0.3) is 0 Å². The van der Waals surface area contributed by atoms with Crippen LogP contribution in [0.15, 0.2) is 47.4 Å². The van der Waals surface area contributed by atoms with Crippen molar-refractivity contribution in [2.75, 3.05) is 33.9 Å². The van der Waals surface area contributed by atoms with Crippen molar-refractivity contribution in [3.63, 3.8) is 0 Å². The van der Waals surface area contributed by atoms with Gasteiger partial charge < -0.3 is 14.8 Å². The average Bonchev–Trinajstić information content (AvgIpc) is 3.52. The number of methoxy groups -OCH3 is 2. The second-order valence-corrected chi connectivity index (χ2v) is 10.6. The fourth-order valence-electron chi connectivity index (χ4n) is 4.20. The van der Waals surface area contributed by atoms with E-state index in [1.54, 1.807) is 32.4 Å². The van der Waals surface area contributed by atoms with Gasteiger partial charge in [0.05, 0.1) is 25.0 Å². The van der Waals surface area contributed by atoms with Gasteiger partial charge in [-0.2, -0.15) is 4.31 Å². The maximum atomic E-state index is 13.3. The van der Waals surface area contributed by atoms with E-state index < -0.39 is 15.9 Å². The van der Waals surface area contributed by atoms with Gasteiger partial charge in [-0.05, 0) is 49.1 Å². The fraction of sp³-hybridized carbons (Fsp3) is 0.435. The smallest absolute Gasteiger partial charge is 0.243 e. The predicted octanol–water partition coefficient (Wildman–Crippen LogP) is 3.29. The summed E-state index contributed by atoms with van der Waals surface area (Å²) < 4.78 is 39.1. The van der Waals surface area contributed by atoms with E-state index >= 15 is 0 Å². The van der Waals surface area contributed by atoms with Crippen LogP contribution in [0.2, 0.25) is 5.02 Å². The van der Waals surface area contributed by atoms with Crippen molar-refractivity contribution in [2.24, 2.45) is 11.8 Å². The molecule has 0 aromatic heterocycles. The Bertz CT molecular complexity index is 1090. The van der Waals surface area contributed by atoms with Crippen LogP contribution in [0.5, 0.6) is 11.5 Å². The molecule has 2 aliphatic rings. The largest absolute Gasteiger partial charge is 0.493 e. The second kappa shape index (κ2) is 9.29. The maximum absolute atomic E-state index is 13.3. The molecule has 2 aromatic carbocycles. The molecule has 0 bridgehead atoms. The highest BCUT2D eigenvalue weighted by Crippen LogP contribution is 2.43. The minimum absolute atomic E-state index is 0.0898. The summed E-state index contributed by atoms with van der Waals surface area (Å²) >= 11 is 5.93. The lowest BCUT2D eigenvalue weighted by Crippen LogP contribution is -2.36. The Morgan fingerprint density at radius 1 is 1.09 bits per heavy atom. The Balaban J connectivity index is 1.68. The van der Waals surface area contributed by atoms with Gasteiger partial charge in [-0.3, -0.25) is 4.79 Å². The first-order chi connectivity index (χ1) is 15.3. The topological polar surface area (TPSA) is 84.9 Å². The third kappa shape index (κ3) is 4.58. The zero-order valence-electron chi connectivity index (χ0n) is 18.1. The zero-order valence-corrected chi connectivity index (χ0v) is 19.7. The Kier molecular flexibility index (Phi) is 6.65. The number of halogens is 1. The molecule has 1 aliphatic carbocycles. The Labute approximate surface area is 193 Å². The van der Waals surface area contributed by atoms with Crippen molar-refractivity contribution in [1.29, 1.82) is 0 Å². The van der Waals surface area contributed by atoms with Gasteiger partial charge in [0, 0.05) is 36.1 Å². The first-order valence-electron chi connectivity index (χ1n) is 10.6. The molecule has 1 saturated carbocycles. The predicted molar refractivity (Wildman–Crippen MR) is 122 cm³/mol. The van der Waals surface area contributed by atoms with Gasteiger partial charge in [0.15, 0.2) is 11.5 Å². The summed E-state index contributed by atoms with van der Waals surface area (Å²) in [5.74, 6) is 0.532. The molecular formula is C23H27ClN2O5S. The van der Waals surface area contributed by atoms with Gasteiger partial charge in [-0.15, -0.1) is 0 Å². The fourth-order valence-corrected chi connectivity index (χ4v) is 5.82. The number of amides is 1. The molecule has 2 fully saturated rings. The summed E-state index contributed by atoms with van der Waals surface area (Å²) in [4.78, 5) is 13.3. The highest BCUT2D eigenvalue weighted by Gasteiger charge is 2.45. The lowest BCUT2D eigenvalue weighted by atomic mass is 9.87. The molecule has 2 unspecified atom stereocenters. The van der Waals surface area contributed by atoms with Crippen LogP contribution in [0.3, 0.4) is 0 Å². The average molecular weight is 479 g/mol. The molecule has 4 rings (SSSR count). The minimum atomic E-state index is -3.79. The van der Waals surface area contributed by atoms with E-state index in [4.69, 9.17) is 21.1 Å². The van der Waals surface area contributed by atoms with Crippen molar-refractivity contribution in [2.45, 2.75) is 23.7 Å². The zero-order chi connectivity index (χ0) is 22.9. The van der Waals surface area contributed by atoms with E-state index in [1.807, 2.05) is 12.1 Å². The third-order valence-electron chi connectivity index (χ3n) is 6.17. The van der Waals surface area contributed by atoms with Crippen LogP contribution >= 0.6 is 11.6 Å². The molecule has 2 atom stereocenters. The molecule has 7 nitrogen and oxygen atoms in total. The van der Waals surface area contributed by atoms with Gasteiger partial charge in [-0.25, -0.2) is 8.42 Å². The van der Waals surface area contributed by atoms with E-state index in [-0.39, 0.29) is 29.8 Å². The third-order valence-corrected chi connectivity index (χ3v) is 8.27. The summed E-state index contributed by atoms with van der Waals surface area (Å²) in [6, 6.07) is 11.5. The number of carbonyl (C=O) groups is 1. The number of ether oxygens (including phenoxy) is 2. The van der Waals surface area contributed by atoms with Crippen molar-refractivity contribution in [3.8, 4) is 11.5 Å². The Hall–Kier alpha value is -2.29. The number of sulfonamides is 1. The number of benzene rings is 2. The molecule has 1 saturated heterocycles. The Morgan fingerprint density at radius 3 is 2.44 bits per heavy atom.